The van der Waals surface area contributed by atoms with Crippen LogP contribution in [0.25, 0.3) is 0 Å². The van der Waals surface area contributed by atoms with Crippen molar-refractivity contribution in [3.8, 4) is 5.75 Å². The zero-order valence-corrected chi connectivity index (χ0v) is 15.3. The van der Waals surface area contributed by atoms with Gasteiger partial charge in [-0.05, 0) is 49.2 Å². The van der Waals surface area contributed by atoms with E-state index in [1.807, 2.05) is 24.3 Å². The third-order valence-corrected chi connectivity index (χ3v) is 4.62. The van der Waals surface area contributed by atoms with E-state index in [0.717, 1.165) is 20.9 Å². The van der Waals surface area contributed by atoms with Crippen LogP contribution in [0.2, 0.25) is 0 Å². The Bertz CT molecular complexity index is 598. The summed E-state index contributed by atoms with van der Waals surface area (Å²) in [6.07, 6.45) is 0.908. The maximum atomic E-state index is 10.1. The number of phenols is 1. The van der Waals surface area contributed by atoms with E-state index in [4.69, 9.17) is 0 Å². The minimum atomic E-state index is 0.112. The average molecular weight is 413 g/mol. The topological polar surface area (TPSA) is 32.3 Å². The maximum Gasteiger partial charge on any atom is 0.120 e. The van der Waals surface area contributed by atoms with E-state index in [9.17, 15) is 5.11 Å². The van der Waals surface area contributed by atoms with E-state index in [1.165, 1.54) is 5.56 Å². The Morgan fingerprint density at radius 3 is 2.29 bits per heavy atom. The molecular weight excluding hydrogens is 394 g/mol. The number of nitrogens with one attached hydrogen (secondary N) is 1. The molecule has 21 heavy (non-hydrogen) atoms. The van der Waals surface area contributed by atoms with Crippen LogP contribution >= 0.6 is 31.9 Å². The summed E-state index contributed by atoms with van der Waals surface area (Å²) in [6.45, 7) is 4.26. The zero-order valence-electron chi connectivity index (χ0n) is 12.1. The van der Waals surface area contributed by atoms with Crippen LogP contribution < -0.4 is 5.32 Å². The van der Waals surface area contributed by atoms with Gasteiger partial charge in [0.25, 0.3) is 0 Å². The Morgan fingerprint density at radius 1 is 1.05 bits per heavy atom. The Hall–Kier alpha value is -0.840. The molecule has 2 N–H and O–H groups in total. The maximum absolute atomic E-state index is 10.1. The van der Waals surface area contributed by atoms with Crippen LogP contribution in [0.4, 0.5) is 0 Å². The number of halogens is 2. The van der Waals surface area contributed by atoms with Gasteiger partial charge in [-0.1, -0.05) is 50.9 Å². The van der Waals surface area contributed by atoms with Crippen LogP contribution in [0.5, 0.6) is 5.75 Å². The lowest BCUT2D eigenvalue weighted by atomic mass is 10.0. The quantitative estimate of drug-likeness (QED) is 0.658. The van der Waals surface area contributed by atoms with Crippen molar-refractivity contribution in [2.75, 3.05) is 0 Å². The molecule has 2 aromatic rings. The van der Waals surface area contributed by atoms with Crippen LogP contribution in [0, 0.1) is 0 Å². The van der Waals surface area contributed by atoms with Crippen molar-refractivity contribution in [1.29, 1.82) is 0 Å². The Kier molecular flexibility index (Phi) is 5.85. The number of aromatic hydroxyl groups is 1. The lowest BCUT2D eigenvalue weighted by Gasteiger charge is -2.24. The number of phenolic OH excluding ortho intramolecular Hbond substituents is 1. The smallest absolute Gasteiger partial charge is 0.120 e. The zero-order chi connectivity index (χ0) is 15.4. The van der Waals surface area contributed by atoms with Crippen LogP contribution in [-0.4, -0.2) is 5.11 Å². The molecule has 0 amide bonds. The van der Waals surface area contributed by atoms with E-state index in [-0.39, 0.29) is 12.1 Å². The Morgan fingerprint density at radius 2 is 1.67 bits per heavy atom. The van der Waals surface area contributed by atoms with Gasteiger partial charge in [0.2, 0.25) is 0 Å². The molecule has 2 aromatic carbocycles. The molecular formula is C17H19Br2NO. The van der Waals surface area contributed by atoms with E-state index in [1.54, 1.807) is 6.07 Å². The first-order valence-electron chi connectivity index (χ1n) is 7.01. The Balaban J connectivity index is 2.18. The first-order valence-corrected chi connectivity index (χ1v) is 8.59. The van der Waals surface area contributed by atoms with Gasteiger partial charge < -0.3 is 10.4 Å². The molecule has 0 saturated carbocycles. The first-order chi connectivity index (χ1) is 10.0. The highest BCUT2D eigenvalue weighted by Crippen LogP contribution is 2.31. The molecule has 4 heteroatoms. The molecule has 0 aliphatic heterocycles. The average Bonchev–Trinajstić information content (AvgIpc) is 2.48. The molecule has 0 radical (unpaired) electrons. The highest BCUT2D eigenvalue weighted by molar-refractivity contribution is 9.10. The van der Waals surface area contributed by atoms with Crippen molar-refractivity contribution in [1.82, 2.24) is 5.32 Å². The molecule has 112 valence electrons. The molecule has 0 aliphatic carbocycles. The van der Waals surface area contributed by atoms with Crippen molar-refractivity contribution in [3.05, 3.63) is 62.5 Å². The fraction of sp³-hybridized carbons (Fsp3) is 0.294. The third kappa shape index (κ3) is 4.31. The molecule has 0 aliphatic rings. The normalized spacial score (nSPS) is 13.9. The van der Waals surface area contributed by atoms with Gasteiger partial charge >= 0.3 is 0 Å². The molecule has 2 atom stereocenters. The summed E-state index contributed by atoms with van der Waals surface area (Å²) in [4.78, 5) is 0. The second-order valence-corrected chi connectivity index (χ2v) is 6.94. The molecule has 0 heterocycles. The lowest BCUT2D eigenvalue weighted by molar-refractivity contribution is 0.419. The fourth-order valence-electron chi connectivity index (χ4n) is 2.38. The van der Waals surface area contributed by atoms with E-state index >= 15 is 0 Å². The molecule has 0 aromatic heterocycles. The van der Waals surface area contributed by atoms with Gasteiger partial charge in [-0.25, -0.2) is 0 Å². The molecule has 0 bridgehead atoms. The van der Waals surface area contributed by atoms with E-state index < -0.39 is 0 Å². The molecule has 2 rings (SSSR count). The van der Waals surface area contributed by atoms with Crippen LogP contribution in [0.15, 0.2) is 51.4 Å². The van der Waals surface area contributed by atoms with Crippen molar-refractivity contribution < 1.29 is 5.11 Å². The molecule has 0 fully saturated rings. The van der Waals surface area contributed by atoms with Gasteiger partial charge in [0.15, 0.2) is 0 Å². The first kappa shape index (κ1) is 16.5. The number of hydrogen-bond acceptors (Lipinski definition) is 2. The van der Waals surface area contributed by atoms with Crippen molar-refractivity contribution in [3.63, 3.8) is 0 Å². The van der Waals surface area contributed by atoms with Gasteiger partial charge in [-0.15, -0.1) is 0 Å². The van der Waals surface area contributed by atoms with Gasteiger partial charge in [0.1, 0.15) is 5.75 Å². The molecule has 1 unspecified atom stereocenters. The number of hydrogen-bond donors (Lipinski definition) is 2. The lowest BCUT2D eigenvalue weighted by Crippen LogP contribution is -2.24. The highest BCUT2D eigenvalue weighted by atomic mass is 79.9. The second-order valence-electron chi connectivity index (χ2n) is 5.10. The van der Waals surface area contributed by atoms with Gasteiger partial charge in [0, 0.05) is 26.6 Å². The van der Waals surface area contributed by atoms with Crippen LogP contribution in [0.3, 0.4) is 0 Å². The summed E-state index contributed by atoms with van der Waals surface area (Å²) >= 11 is 6.92. The third-order valence-electron chi connectivity index (χ3n) is 3.59. The largest absolute Gasteiger partial charge is 0.508 e. The summed E-state index contributed by atoms with van der Waals surface area (Å²) in [5, 5.41) is 13.7. The Labute approximate surface area is 142 Å². The number of rotatable bonds is 5. The van der Waals surface area contributed by atoms with Crippen molar-refractivity contribution in [2.24, 2.45) is 0 Å². The van der Waals surface area contributed by atoms with Crippen molar-refractivity contribution >= 4 is 31.9 Å². The van der Waals surface area contributed by atoms with Gasteiger partial charge in [-0.3, -0.25) is 0 Å². The minimum Gasteiger partial charge on any atom is -0.508 e. The second kappa shape index (κ2) is 7.43. The van der Waals surface area contributed by atoms with Gasteiger partial charge in [0.05, 0.1) is 0 Å². The summed E-state index contributed by atoms with van der Waals surface area (Å²) in [5.74, 6) is 0.334. The van der Waals surface area contributed by atoms with Crippen LogP contribution in [-0.2, 0) is 0 Å². The summed E-state index contributed by atoms with van der Waals surface area (Å²) in [6, 6.07) is 14.2. The molecule has 0 saturated heterocycles. The fourth-order valence-corrected chi connectivity index (χ4v) is 3.02. The highest BCUT2D eigenvalue weighted by Gasteiger charge is 2.17. The van der Waals surface area contributed by atoms with Gasteiger partial charge in [-0.2, -0.15) is 0 Å². The van der Waals surface area contributed by atoms with E-state index in [0.29, 0.717) is 5.75 Å². The summed E-state index contributed by atoms with van der Waals surface area (Å²) < 4.78 is 2.06. The predicted octanol–water partition coefficient (Wildman–Crippen LogP) is 5.72. The standard InChI is InChI=1S/C17H19Br2NO/c1-3-16(15-10-14(19)8-9-17(15)21)20-11(2)12-4-6-13(18)7-5-12/h4-11,16,20-21H,3H2,1-2H3/t11-,16?/m0/s1. The van der Waals surface area contributed by atoms with Crippen molar-refractivity contribution in [2.45, 2.75) is 32.4 Å². The predicted molar refractivity (Wildman–Crippen MR) is 94.5 cm³/mol. The summed E-state index contributed by atoms with van der Waals surface area (Å²) in [7, 11) is 0. The minimum absolute atomic E-state index is 0.112. The van der Waals surface area contributed by atoms with Crippen LogP contribution in [0.1, 0.15) is 43.5 Å². The monoisotopic (exact) mass is 411 g/mol. The number of benzene rings is 2. The molecule has 2 nitrogen and oxygen atoms in total. The summed E-state index contributed by atoms with van der Waals surface area (Å²) in [5.41, 5.74) is 2.15. The SMILES string of the molecule is CCC(N[C@@H](C)c1ccc(Br)cc1)c1cc(Br)ccc1O. The van der Waals surface area contributed by atoms with E-state index in [2.05, 4.69) is 63.2 Å². The molecule has 0 spiro atoms.